The van der Waals surface area contributed by atoms with Crippen molar-refractivity contribution in [3.63, 3.8) is 0 Å². The zero-order valence-corrected chi connectivity index (χ0v) is 10.4. The molecule has 0 aliphatic heterocycles. The Hall–Kier alpha value is -1.29. The predicted octanol–water partition coefficient (Wildman–Crippen LogP) is 1.80. The van der Waals surface area contributed by atoms with Crippen molar-refractivity contribution in [3.8, 4) is 0 Å². The topological polar surface area (TPSA) is 62.5 Å². The second-order valence-electron chi connectivity index (χ2n) is 5.61. The summed E-state index contributed by atoms with van der Waals surface area (Å²) in [5.41, 5.74) is -0.662. The van der Waals surface area contributed by atoms with Crippen molar-refractivity contribution in [2.24, 2.45) is 5.92 Å². The van der Waals surface area contributed by atoms with Gasteiger partial charge in [0.25, 0.3) is 0 Å². The highest BCUT2D eigenvalue weighted by Crippen LogP contribution is 2.47. The van der Waals surface area contributed by atoms with Crippen LogP contribution in [0.2, 0.25) is 0 Å². The van der Waals surface area contributed by atoms with Gasteiger partial charge in [0.15, 0.2) is 0 Å². The van der Waals surface area contributed by atoms with Crippen molar-refractivity contribution in [2.75, 3.05) is 6.54 Å². The van der Waals surface area contributed by atoms with E-state index in [-0.39, 0.29) is 17.7 Å². The molecular weight excluding hydrogens is 230 g/mol. The van der Waals surface area contributed by atoms with Gasteiger partial charge in [0.05, 0.1) is 11.9 Å². The average molecular weight is 249 g/mol. The standard InChI is InChI=1S/C14H19NO3/c16-13(15-9-14(17)5-1-2-6-14)11-8-10(11)12-4-3-7-18-12/h3-4,7,10-11,17H,1-2,5-6,8-9H2,(H,15,16). The molecule has 18 heavy (non-hydrogen) atoms. The molecular formula is C14H19NO3. The van der Waals surface area contributed by atoms with Gasteiger partial charge in [-0.3, -0.25) is 4.79 Å². The van der Waals surface area contributed by atoms with Gasteiger partial charge in [-0.1, -0.05) is 12.8 Å². The van der Waals surface area contributed by atoms with Crippen molar-refractivity contribution >= 4 is 5.91 Å². The lowest BCUT2D eigenvalue weighted by Gasteiger charge is -2.22. The summed E-state index contributed by atoms with van der Waals surface area (Å²) in [6.45, 7) is 0.396. The van der Waals surface area contributed by atoms with E-state index in [0.717, 1.165) is 37.9 Å². The van der Waals surface area contributed by atoms with Crippen LogP contribution in [-0.2, 0) is 4.79 Å². The van der Waals surface area contributed by atoms with Crippen LogP contribution in [0.5, 0.6) is 0 Å². The van der Waals surface area contributed by atoms with E-state index >= 15 is 0 Å². The quantitative estimate of drug-likeness (QED) is 0.855. The smallest absolute Gasteiger partial charge is 0.223 e. The fourth-order valence-electron chi connectivity index (χ4n) is 2.89. The summed E-state index contributed by atoms with van der Waals surface area (Å²) in [5, 5.41) is 13.0. The number of hydrogen-bond acceptors (Lipinski definition) is 3. The lowest BCUT2D eigenvalue weighted by molar-refractivity contribution is -0.123. The summed E-state index contributed by atoms with van der Waals surface area (Å²) in [6, 6.07) is 3.77. The Morgan fingerprint density at radius 3 is 2.94 bits per heavy atom. The van der Waals surface area contributed by atoms with Gasteiger partial charge in [0, 0.05) is 18.4 Å². The molecule has 0 bridgehead atoms. The maximum atomic E-state index is 11.9. The highest BCUT2D eigenvalue weighted by molar-refractivity contribution is 5.82. The third-order valence-corrected chi connectivity index (χ3v) is 4.16. The number of rotatable bonds is 4. The van der Waals surface area contributed by atoms with Crippen molar-refractivity contribution in [1.82, 2.24) is 5.32 Å². The first-order valence-electron chi connectivity index (χ1n) is 6.71. The van der Waals surface area contributed by atoms with Gasteiger partial charge in [-0.25, -0.2) is 0 Å². The van der Waals surface area contributed by atoms with Gasteiger partial charge in [-0.15, -0.1) is 0 Å². The largest absolute Gasteiger partial charge is 0.469 e. The van der Waals surface area contributed by atoms with Crippen LogP contribution in [0.4, 0.5) is 0 Å². The van der Waals surface area contributed by atoms with Crippen LogP contribution >= 0.6 is 0 Å². The summed E-state index contributed by atoms with van der Waals surface area (Å²) < 4.78 is 5.31. The second-order valence-corrected chi connectivity index (χ2v) is 5.61. The number of amides is 1. The van der Waals surface area contributed by atoms with Gasteiger partial charge in [0.2, 0.25) is 5.91 Å². The van der Waals surface area contributed by atoms with Crippen LogP contribution in [0, 0.1) is 5.92 Å². The molecule has 0 aromatic carbocycles. The Labute approximate surface area is 106 Å². The summed E-state index contributed by atoms with van der Waals surface area (Å²) in [6.07, 6.45) is 6.23. The SMILES string of the molecule is O=C(NCC1(O)CCCC1)C1CC1c1ccco1. The molecule has 0 spiro atoms. The van der Waals surface area contributed by atoms with Crippen LogP contribution in [0.25, 0.3) is 0 Å². The van der Waals surface area contributed by atoms with Crippen molar-refractivity contribution in [2.45, 2.75) is 43.6 Å². The minimum absolute atomic E-state index is 0.0288. The lowest BCUT2D eigenvalue weighted by Crippen LogP contribution is -2.41. The lowest BCUT2D eigenvalue weighted by atomic mass is 10.0. The van der Waals surface area contributed by atoms with E-state index in [9.17, 15) is 9.90 Å². The normalized spacial score (nSPS) is 29.2. The highest BCUT2D eigenvalue weighted by atomic mass is 16.3. The minimum Gasteiger partial charge on any atom is -0.469 e. The van der Waals surface area contributed by atoms with Crippen LogP contribution < -0.4 is 5.32 Å². The number of aliphatic hydroxyl groups is 1. The number of hydrogen-bond donors (Lipinski definition) is 2. The summed E-state index contributed by atoms with van der Waals surface area (Å²) in [7, 11) is 0. The molecule has 2 aliphatic carbocycles. The number of furan rings is 1. The van der Waals surface area contributed by atoms with Crippen molar-refractivity contribution in [3.05, 3.63) is 24.2 Å². The van der Waals surface area contributed by atoms with Crippen LogP contribution in [0.3, 0.4) is 0 Å². The van der Waals surface area contributed by atoms with E-state index < -0.39 is 5.60 Å². The first-order chi connectivity index (χ1) is 8.68. The molecule has 2 N–H and O–H groups in total. The van der Waals surface area contributed by atoms with E-state index in [1.54, 1.807) is 6.26 Å². The van der Waals surface area contributed by atoms with Crippen LogP contribution in [-0.4, -0.2) is 23.2 Å². The molecule has 3 rings (SSSR count). The molecule has 2 saturated carbocycles. The molecule has 1 aromatic rings. The molecule has 4 nitrogen and oxygen atoms in total. The number of nitrogens with one attached hydrogen (secondary N) is 1. The van der Waals surface area contributed by atoms with Gasteiger partial charge in [-0.05, 0) is 31.4 Å². The fourth-order valence-corrected chi connectivity index (χ4v) is 2.89. The molecule has 98 valence electrons. The van der Waals surface area contributed by atoms with E-state index in [2.05, 4.69) is 5.32 Å². The monoisotopic (exact) mass is 249 g/mol. The minimum atomic E-state index is -0.662. The third kappa shape index (κ3) is 2.29. The van der Waals surface area contributed by atoms with Crippen molar-refractivity contribution < 1.29 is 14.3 Å². The summed E-state index contributed by atoms with van der Waals surface area (Å²) >= 11 is 0. The Balaban J connectivity index is 1.49. The molecule has 2 atom stereocenters. The summed E-state index contributed by atoms with van der Waals surface area (Å²) in [4.78, 5) is 11.9. The first kappa shape index (κ1) is 11.8. The van der Waals surface area contributed by atoms with Gasteiger partial charge < -0.3 is 14.8 Å². The maximum absolute atomic E-state index is 11.9. The molecule has 2 fully saturated rings. The van der Waals surface area contributed by atoms with Gasteiger partial charge >= 0.3 is 0 Å². The van der Waals surface area contributed by atoms with E-state index in [1.165, 1.54) is 0 Å². The van der Waals surface area contributed by atoms with Crippen LogP contribution in [0.15, 0.2) is 22.8 Å². The van der Waals surface area contributed by atoms with E-state index in [1.807, 2.05) is 12.1 Å². The van der Waals surface area contributed by atoms with E-state index in [0.29, 0.717) is 6.54 Å². The first-order valence-corrected chi connectivity index (χ1v) is 6.71. The van der Waals surface area contributed by atoms with Crippen LogP contribution in [0.1, 0.15) is 43.8 Å². The maximum Gasteiger partial charge on any atom is 0.223 e. The molecule has 0 radical (unpaired) electrons. The van der Waals surface area contributed by atoms with Gasteiger partial charge in [-0.2, -0.15) is 0 Å². The predicted molar refractivity (Wildman–Crippen MR) is 66.0 cm³/mol. The molecule has 1 heterocycles. The zero-order valence-electron chi connectivity index (χ0n) is 10.4. The summed E-state index contributed by atoms with van der Waals surface area (Å²) in [5.74, 6) is 1.21. The van der Waals surface area contributed by atoms with E-state index in [4.69, 9.17) is 4.42 Å². The molecule has 1 aromatic heterocycles. The molecule has 1 amide bonds. The zero-order chi connectivity index (χ0) is 12.6. The molecule has 2 aliphatic rings. The Bertz CT molecular complexity index is 420. The molecule has 4 heteroatoms. The van der Waals surface area contributed by atoms with Gasteiger partial charge in [0.1, 0.15) is 5.76 Å². The van der Waals surface area contributed by atoms with Crippen molar-refractivity contribution in [1.29, 1.82) is 0 Å². The highest BCUT2D eigenvalue weighted by Gasteiger charge is 2.46. The Morgan fingerprint density at radius 1 is 1.50 bits per heavy atom. The number of carbonyl (C=O) groups excluding carboxylic acids is 1. The Morgan fingerprint density at radius 2 is 2.28 bits per heavy atom. The number of carbonyl (C=O) groups is 1. The Kier molecular flexibility index (Phi) is 2.90. The molecule has 0 saturated heterocycles. The second kappa shape index (κ2) is 4.43. The fraction of sp³-hybridized carbons (Fsp3) is 0.643. The average Bonchev–Trinajstić information content (AvgIpc) is 2.78. The molecule has 2 unspecified atom stereocenters. The third-order valence-electron chi connectivity index (χ3n) is 4.16.